The van der Waals surface area contributed by atoms with Gasteiger partial charge in [0.05, 0.1) is 25.9 Å². The summed E-state index contributed by atoms with van der Waals surface area (Å²) in [6, 6.07) is 21.9. The van der Waals surface area contributed by atoms with Gasteiger partial charge in [-0.1, -0.05) is 42.5 Å². The molecule has 33 heavy (non-hydrogen) atoms. The lowest BCUT2D eigenvalue weighted by molar-refractivity contribution is 0.217. The number of nitrogens with zero attached hydrogens (tertiary/aromatic N) is 5. The molecule has 2 aromatic carbocycles. The van der Waals surface area contributed by atoms with Gasteiger partial charge in [-0.3, -0.25) is 9.69 Å². The van der Waals surface area contributed by atoms with E-state index in [1.54, 1.807) is 10.9 Å². The zero-order valence-corrected chi connectivity index (χ0v) is 18.3. The highest BCUT2D eigenvalue weighted by atomic mass is 16.3. The Hall–Kier alpha value is -4.04. The highest BCUT2D eigenvalue weighted by Gasteiger charge is 2.17. The zero-order valence-electron chi connectivity index (χ0n) is 18.3. The SMILES string of the molecule is Cc1ccc2cc(CN(Cc3ccco3)Cc3nnnn3Cc3ccccc3)c(=O)[nH]c2c1. The van der Waals surface area contributed by atoms with E-state index in [1.165, 1.54) is 0 Å². The minimum atomic E-state index is -0.0959. The Morgan fingerprint density at radius 3 is 2.70 bits per heavy atom. The number of aromatic nitrogens is 5. The molecule has 8 heteroatoms. The van der Waals surface area contributed by atoms with E-state index in [4.69, 9.17) is 4.42 Å². The lowest BCUT2D eigenvalue weighted by Gasteiger charge is -2.20. The summed E-state index contributed by atoms with van der Waals surface area (Å²) in [6.45, 7) is 4.00. The number of pyridine rings is 1. The molecule has 0 atom stereocenters. The molecule has 0 bridgehead atoms. The molecule has 3 heterocycles. The van der Waals surface area contributed by atoms with Crippen LogP contribution in [0.1, 0.15) is 28.3 Å². The predicted molar refractivity (Wildman–Crippen MR) is 124 cm³/mol. The van der Waals surface area contributed by atoms with Crippen molar-refractivity contribution >= 4 is 10.9 Å². The Labute approximate surface area is 190 Å². The molecule has 0 amide bonds. The first kappa shape index (κ1) is 20.8. The zero-order chi connectivity index (χ0) is 22.6. The van der Waals surface area contributed by atoms with Crippen molar-refractivity contribution in [1.29, 1.82) is 0 Å². The van der Waals surface area contributed by atoms with Crippen LogP contribution in [-0.2, 0) is 26.2 Å². The van der Waals surface area contributed by atoms with Crippen LogP contribution in [0.5, 0.6) is 0 Å². The number of tetrazole rings is 1. The molecule has 3 aromatic heterocycles. The van der Waals surface area contributed by atoms with Crippen molar-refractivity contribution in [2.45, 2.75) is 33.1 Å². The van der Waals surface area contributed by atoms with Crippen molar-refractivity contribution in [1.82, 2.24) is 30.1 Å². The van der Waals surface area contributed by atoms with Crippen molar-refractivity contribution in [3.63, 3.8) is 0 Å². The van der Waals surface area contributed by atoms with E-state index in [0.29, 0.717) is 31.7 Å². The van der Waals surface area contributed by atoms with E-state index in [0.717, 1.165) is 33.6 Å². The molecule has 0 unspecified atom stereocenters. The molecule has 0 aliphatic rings. The van der Waals surface area contributed by atoms with Crippen molar-refractivity contribution in [3.8, 4) is 0 Å². The second kappa shape index (κ2) is 9.22. The van der Waals surface area contributed by atoms with Crippen LogP contribution < -0.4 is 5.56 Å². The van der Waals surface area contributed by atoms with E-state index in [2.05, 4.69) is 25.4 Å². The number of aryl methyl sites for hydroxylation is 1. The van der Waals surface area contributed by atoms with E-state index in [1.807, 2.05) is 73.7 Å². The maximum Gasteiger partial charge on any atom is 0.252 e. The highest BCUT2D eigenvalue weighted by molar-refractivity contribution is 5.79. The van der Waals surface area contributed by atoms with Gasteiger partial charge in [0.2, 0.25) is 0 Å². The Morgan fingerprint density at radius 1 is 1.00 bits per heavy atom. The average Bonchev–Trinajstić information content (AvgIpc) is 3.47. The largest absolute Gasteiger partial charge is 0.468 e. The summed E-state index contributed by atoms with van der Waals surface area (Å²) in [6.07, 6.45) is 1.65. The van der Waals surface area contributed by atoms with Crippen LogP contribution in [0.4, 0.5) is 0 Å². The second-order valence-corrected chi connectivity index (χ2v) is 8.18. The van der Waals surface area contributed by atoms with Crippen LogP contribution in [0.2, 0.25) is 0 Å². The van der Waals surface area contributed by atoms with E-state index < -0.39 is 0 Å². The quantitative estimate of drug-likeness (QED) is 0.396. The van der Waals surface area contributed by atoms with E-state index in [9.17, 15) is 4.79 Å². The van der Waals surface area contributed by atoms with Crippen LogP contribution in [0.3, 0.4) is 0 Å². The Bertz CT molecular complexity index is 1410. The third kappa shape index (κ3) is 4.91. The summed E-state index contributed by atoms with van der Waals surface area (Å²) in [5.41, 5.74) is 3.65. The summed E-state index contributed by atoms with van der Waals surface area (Å²) >= 11 is 0. The topological polar surface area (TPSA) is 92.8 Å². The Balaban J connectivity index is 1.42. The monoisotopic (exact) mass is 440 g/mol. The van der Waals surface area contributed by atoms with Gasteiger partial charge in [0, 0.05) is 17.6 Å². The number of rotatable bonds is 8. The molecule has 166 valence electrons. The normalized spacial score (nSPS) is 11.5. The third-order valence-corrected chi connectivity index (χ3v) is 5.58. The summed E-state index contributed by atoms with van der Waals surface area (Å²) in [5, 5.41) is 13.3. The second-order valence-electron chi connectivity index (χ2n) is 8.18. The maximum absolute atomic E-state index is 12.8. The fourth-order valence-corrected chi connectivity index (χ4v) is 3.92. The molecule has 0 fully saturated rings. The van der Waals surface area contributed by atoms with Gasteiger partial charge < -0.3 is 9.40 Å². The first-order valence-electron chi connectivity index (χ1n) is 10.8. The molecular formula is C25H24N6O2. The van der Waals surface area contributed by atoms with Crippen molar-refractivity contribution in [2.24, 2.45) is 0 Å². The molecule has 0 aliphatic carbocycles. The smallest absolute Gasteiger partial charge is 0.252 e. The minimum Gasteiger partial charge on any atom is -0.468 e. The molecular weight excluding hydrogens is 416 g/mol. The molecule has 0 spiro atoms. The highest BCUT2D eigenvalue weighted by Crippen LogP contribution is 2.17. The summed E-state index contributed by atoms with van der Waals surface area (Å²) < 4.78 is 7.36. The van der Waals surface area contributed by atoms with Crippen LogP contribution in [0.15, 0.2) is 82.2 Å². The lowest BCUT2D eigenvalue weighted by Crippen LogP contribution is -2.28. The number of fused-ring (bicyclic) bond motifs is 1. The predicted octanol–water partition coefficient (Wildman–Crippen LogP) is 3.67. The van der Waals surface area contributed by atoms with Gasteiger partial charge in [0.15, 0.2) is 5.82 Å². The number of nitrogens with one attached hydrogen (secondary N) is 1. The number of H-pyrrole nitrogens is 1. The van der Waals surface area contributed by atoms with Crippen LogP contribution >= 0.6 is 0 Å². The van der Waals surface area contributed by atoms with Gasteiger partial charge in [-0.25, -0.2) is 4.68 Å². The van der Waals surface area contributed by atoms with Gasteiger partial charge in [0.1, 0.15) is 5.76 Å². The van der Waals surface area contributed by atoms with E-state index >= 15 is 0 Å². The number of aromatic amines is 1. The van der Waals surface area contributed by atoms with Crippen LogP contribution in [0.25, 0.3) is 10.9 Å². The van der Waals surface area contributed by atoms with Gasteiger partial charge in [0.25, 0.3) is 5.56 Å². The number of furan rings is 1. The molecule has 0 saturated heterocycles. The third-order valence-electron chi connectivity index (χ3n) is 5.58. The van der Waals surface area contributed by atoms with Gasteiger partial charge in [-0.15, -0.1) is 5.10 Å². The van der Waals surface area contributed by atoms with Crippen LogP contribution in [0, 0.1) is 6.92 Å². The first-order chi connectivity index (χ1) is 16.1. The summed E-state index contributed by atoms with van der Waals surface area (Å²) in [4.78, 5) is 18.0. The molecule has 1 N–H and O–H groups in total. The van der Waals surface area contributed by atoms with Crippen LogP contribution in [-0.4, -0.2) is 30.1 Å². The minimum absolute atomic E-state index is 0.0959. The summed E-state index contributed by atoms with van der Waals surface area (Å²) in [5.74, 6) is 1.53. The van der Waals surface area contributed by atoms with Crippen molar-refractivity contribution < 1.29 is 4.42 Å². The van der Waals surface area contributed by atoms with Gasteiger partial charge in [-0.05, 0) is 58.1 Å². The molecule has 5 aromatic rings. The fraction of sp³-hybridized carbons (Fsp3) is 0.200. The van der Waals surface area contributed by atoms with Crippen molar-refractivity contribution in [3.05, 3.63) is 112 Å². The first-order valence-corrected chi connectivity index (χ1v) is 10.8. The Morgan fingerprint density at radius 2 is 1.88 bits per heavy atom. The molecule has 0 aliphatic heterocycles. The van der Waals surface area contributed by atoms with E-state index in [-0.39, 0.29) is 5.56 Å². The average molecular weight is 441 g/mol. The molecule has 0 saturated carbocycles. The van der Waals surface area contributed by atoms with Crippen molar-refractivity contribution in [2.75, 3.05) is 0 Å². The fourth-order valence-electron chi connectivity index (χ4n) is 3.92. The number of benzene rings is 2. The maximum atomic E-state index is 12.8. The molecule has 5 rings (SSSR count). The molecule has 0 radical (unpaired) electrons. The van der Waals surface area contributed by atoms with Gasteiger partial charge in [-0.2, -0.15) is 0 Å². The molecule has 8 nitrogen and oxygen atoms in total. The standard InChI is InChI=1S/C25H24N6O2/c1-18-9-10-20-13-21(25(32)26-23(20)12-18)15-30(16-22-8-5-11-33-22)17-24-27-28-29-31(24)14-19-6-3-2-4-7-19/h2-13H,14-17H2,1H3,(H,26,32). The number of hydrogen-bond donors (Lipinski definition) is 1. The lowest BCUT2D eigenvalue weighted by atomic mass is 10.1. The Kier molecular flexibility index (Phi) is 5.82. The number of hydrogen-bond acceptors (Lipinski definition) is 6. The summed E-state index contributed by atoms with van der Waals surface area (Å²) in [7, 11) is 0. The van der Waals surface area contributed by atoms with Gasteiger partial charge >= 0.3 is 0 Å².